The minimum absolute atomic E-state index is 0.00915. The van der Waals surface area contributed by atoms with E-state index in [0.29, 0.717) is 0 Å². The van der Waals surface area contributed by atoms with Crippen molar-refractivity contribution >= 4 is 27.5 Å². The fourth-order valence-electron chi connectivity index (χ4n) is 1.38. The average Bonchev–Trinajstić information content (AvgIpc) is 2.56. The summed E-state index contributed by atoms with van der Waals surface area (Å²) < 4.78 is 26.9. The van der Waals surface area contributed by atoms with E-state index in [2.05, 4.69) is 4.98 Å². The first-order chi connectivity index (χ1) is 8.17. The predicted octanol–water partition coefficient (Wildman–Crippen LogP) is -0.0421. The number of aromatic nitrogens is 2. The predicted molar refractivity (Wildman–Crippen MR) is 66.4 cm³/mol. The number of nitrogens with two attached hydrogens (primary N) is 1. The highest BCUT2D eigenvalue weighted by molar-refractivity contribution is 7.89. The number of nitrogens with zero attached hydrogens (tertiary/aromatic N) is 3. The number of halogens is 1. The van der Waals surface area contributed by atoms with Gasteiger partial charge < -0.3 is 10.3 Å². The SMILES string of the molecule is CC(C)N(CC(N)=O)S(=O)(=O)c1ncn(C)c1Cl. The highest BCUT2D eigenvalue weighted by atomic mass is 35.5. The van der Waals surface area contributed by atoms with Crippen LogP contribution in [-0.2, 0) is 21.9 Å². The molecule has 1 heterocycles. The molecular weight excluding hydrogens is 280 g/mol. The zero-order valence-corrected chi connectivity index (χ0v) is 11.9. The number of hydrogen-bond donors (Lipinski definition) is 1. The molecular formula is C9H15ClN4O3S. The number of imidazole rings is 1. The van der Waals surface area contributed by atoms with E-state index >= 15 is 0 Å². The zero-order valence-electron chi connectivity index (χ0n) is 10.3. The molecule has 0 saturated heterocycles. The van der Waals surface area contributed by atoms with Crippen LogP contribution >= 0.6 is 11.6 Å². The van der Waals surface area contributed by atoms with Crippen molar-refractivity contribution in [3.8, 4) is 0 Å². The van der Waals surface area contributed by atoms with Gasteiger partial charge in [0.25, 0.3) is 10.0 Å². The van der Waals surface area contributed by atoms with Crippen molar-refractivity contribution in [3.05, 3.63) is 11.5 Å². The quantitative estimate of drug-likeness (QED) is 0.823. The summed E-state index contributed by atoms with van der Waals surface area (Å²) in [6.07, 6.45) is 1.29. The van der Waals surface area contributed by atoms with Crippen LogP contribution in [-0.4, -0.2) is 40.8 Å². The Bertz CT molecular complexity index is 552. The highest BCUT2D eigenvalue weighted by Crippen LogP contribution is 2.23. The van der Waals surface area contributed by atoms with E-state index in [0.717, 1.165) is 4.31 Å². The Morgan fingerprint density at radius 2 is 2.17 bits per heavy atom. The molecule has 0 fully saturated rings. The lowest BCUT2D eigenvalue weighted by molar-refractivity contribution is -0.118. The summed E-state index contributed by atoms with van der Waals surface area (Å²) in [6, 6.07) is -0.430. The second kappa shape index (κ2) is 5.25. The molecule has 7 nitrogen and oxygen atoms in total. The Morgan fingerprint density at radius 3 is 2.50 bits per heavy atom. The lowest BCUT2D eigenvalue weighted by Gasteiger charge is -2.23. The molecule has 2 N–H and O–H groups in total. The smallest absolute Gasteiger partial charge is 0.264 e. The molecule has 102 valence electrons. The van der Waals surface area contributed by atoms with Gasteiger partial charge in [-0.3, -0.25) is 4.79 Å². The Balaban J connectivity index is 3.26. The van der Waals surface area contributed by atoms with Gasteiger partial charge in [0, 0.05) is 13.1 Å². The molecule has 1 amide bonds. The van der Waals surface area contributed by atoms with Gasteiger partial charge >= 0.3 is 0 Å². The van der Waals surface area contributed by atoms with Crippen LogP contribution in [0.15, 0.2) is 11.4 Å². The molecule has 0 radical (unpaired) electrons. The molecule has 0 aliphatic heterocycles. The Kier molecular flexibility index (Phi) is 4.36. The number of primary amides is 1. The van der Waals surface area contributed by atoms with E-state index in [-0.39, 0.29) is 10.2 Å². The third kappa shape index (κ3) is 2.82. The fraction of sp³-hybridized carbons (Fsp3) is 0.556. The van der Waals surface area contributed by atoms with E-state index in [9.17, 15) is 13.2 Å². The van der Waals surface area contributed by atoms with Crippen molar-refractivity contribution < 1.29 is 13.2 Å². The normalized spacial score (nSPS) is 12.3. The van der Waals surface area contributed by atoms with E-state index in [1.54, 1.807) is 20.9 Å². The average molecular weight is 295 g/mol. The van der Waals surface area contributed by atoms with Gasteiger partial charge in [0.2, 0.25) is 10.9 Å². The first-order valence-electron chi connectivity index (χ1n) is 5.15. The van der Waals surface area contributed by atoms with Crippen molar-refractivity contribution in [2.75, 3.05) is 6.54 Å². The largest absolute Gasteiger partial charge is 0.369 e. The molecule has 0 atom stereocenters. The minimum Gasteiger partial charge on any atom is -0.369 e. The Hall–Kier alpha value is -1.12. The third-order valence-electron chi connectivity index (χ3n) is 2.28. The molecule has 0 bridgehead atoms. The summed E-state index contributed by atoms with van der Waals surface area (Å²) in [7, 11) is -2.37. The van der Waals surface area contributed by atoms with E-state index in [4.69, 9.17) is 17.3 Å². The maximum atomic E-state index is 12.3. The lowest BCUT2D eigenvalue weighted by atomic mass is 10.4. The second-order valence-corrected chi connectivity index (χ2v) is 6.23. The van der Waals surface area contributed by atoms with Crippen LogP contribution in [0.3, 0.4) is 0 Å². The molecule has 0 unspecified atom stereocenters. The summed E-state index contributed by atoms with van der Waals surface area (Å²) in [6.45, 7) is 2.86. The molecule has 0 aromatic carbocycles. The van der Waals surface area contributed by atoms with Crippen LogP contribution in [0, 0.1) is 0 Å². The van der Waals surface area contributed by atoms with Gasteiger partial charge in [-0.25, -0.2) is 13.4 Å². The number of hydrogen-bond acceptors (Lipinski definition) is 4. The van der Waals surface area contributed by atoms with E-state index in [1.165, 1.54) is 10.9 Å². The first kappa shape index (κ1) is 14.9. The lowest BCUT2D eigenvalue weighted by Crippen LogP contribution is -2.42. The van der Waals surface area contributed by atoms with E-state index in [1.807, 2.05) is 0 Å². The van der Waals surface area contributed by atoms with E-state index < -0.39 is 28.5 Å². The summed E-state index contributed by atoms with van der Waals surface area (Å²) in [5.74, 6) is -0.737. The van der Waals surface area contributed by atoms with Gasteiger partial charge in [0.1, 0.15) is 5.15 Å². The summed E-state index contributed by atoms with van der Waals surface area (Å²) in [5, 5.41) is -0.285. The third-order valence-corrected chi connectivity index (χ3v) is 4.79. The van der Waals surface area contributed by atoms with Gasteiger partial charge in [0.15, 0.2) is 0 Å². The molecule has 9 heteroatoms. The second-order valence-electron chi connectivity index (χ2n) is 4.06. The van der Waals surface area contributed by atoms with Gasteiger partial charge in [-0.1, -0.05) is 11.6 Å². The standard InChI is InChI=1S/C9H15ClN4O3S/c1-6(2)14(4-7(11)15)18(16,17)9-8(10)13(3)5-12-9/h5-6H,4H2,1-3H3,(H2,11,15). The van der Waals surface area contributed by atoms with Crippen molar-refractivity contribution in [2.45, 2.75) is 24.9 Å². The van der Waals surface area contributed by atoms with Crippen molar-refractivity contribution in [2.24, 2.45) is 12.8 Å². The van der Waals surface area contributed by atoms with Gasteiger partial charge in [0.05, 0.1) is 12.9 Å². The van der Waals surface area contributed by atoms with Crippen LogP contribution in [0.2, 0.25) is 5.15 Å². The van der Waals surface area contributed by atoms with Crippen molar-refractivity contribution in [1.29, 1.82) is 0 Å². The van der Waals surface area contributed by atoms with Gasteiger partial charge in [-0.15, -0.1) is 0 Å². The molecule has 1 aromatic heterocycles. The van der Waals surface area contributed by atoms with Crippen LogP contribution < -0.4 is 5.73 Å². The van der Waals surface area contributed by atoms with Crippen LogP contribution in [0.1, 0.15) is 13.8 Å². The molecule has 0 spiro atoms. The number of sulfonamides is 1. The highest BCUT2D eigenvalue weighted by Gasteiger charge is 2.32. The number of rotatable bonds is 5. The van der Waals surface area contributed by atoms with Crippen LogP contribution in [0.5, 0.6) is 0 Å². The summed E-state index contributed by atoms with van der Waals surface area (Å²) in [4.78, 5) is 14.7. The Labute approximate surface area is 111 Å². The topological polar surface area (TPSA) is 98.3 Å². The zero-order chi connectivity index (χ0) is 14.1. The number of aryl methyl sites for hydroxylation is 1. The molecule has 1 aromatic rings. The monoisotopic (exact) mass is 294 g/mol. The molecule has 0 saturated carbocycles. The van der Waals surface area contributed by atoms with Gasteiger partial charge in [-0.05, 0) is 13.8 Å². The number of amides is 1. The van der Waals surface area contributed by atoms with Crippen molar-refractivity contribution in [3.63, 3.8) is 0 Å². The Morgan fingerprint density at radius 1 is 1.61 bits per heavy atom. The maximum Gasteiger partial charge on any atom is 0.264 e. The maximum absolute atomic E-state index is 12.3. The molecule has 0 aliphatic carbocycles. The fourth-order valence-corrected chi connectivity index (χ4v) is 3.37. The summed E-state index contributed by atoms with van der Waals surface area (Å²) >= 11 is 5.86. The van der Waals surface area contributed by atoms with Crippen LogP contribution in [0.4, 0.5) is 0 Å². The molecule has 0 aliphatic rings. The number of carbonyl (C=O) groups excluding carboxylic acids is 1. The summed E-state index contributed by atoms with van der Waals surface area (Å²) in [5.41, 5.74) is 5.05. The van der Waals surface area contributed by atoms with Crippen molar-refractivity contribution in [1.82, 2.24) is 13.9 Å². The van der Waals surface area contributed by atoms with Gasteiger partial charge in [-0.2, -0.15) is 4.31 Å². The first-order valence-corrected chi connectivity index (χ1v) is 6.96. The van der Waals surface area contributed by atoms with Crippen LogP contribution in [0.25, 0.3) is 0 Å². The number of carbonyl (C=O) groups is 1. The minimum atomic E-state index is -3.94. The molecule has 1 rings (SSSR count). The molecule has 18 heavy (non-hydrogen) atoms.